The van der Waals surface area contributed by atoms with Crippen molar-refractivity contribution in [1.82, 2.24) is 14.8 Å². The van der Waals surface area contributed by atoms with E-state index in [9.17, 15) is 4.79 Å². The van der Waals surface area contributed by atoms with Crippen LogP contribution in [0.2, 0.25) is 0 Å². The highest BCUT2D eigenvalue weighted by atomic mass is 16.7. The molecule has 0 N–H and O–H groups in total. The Labute approximate surface area is 158 Å². The molecule has 0 saturated carbocycles. The summed E-state index contributed by atoms with van der Waals surface area (Å²) in [6, 6.07) is 11.3. The van der Waals surface area contributed by atoms with Crippen molar-refractivity contribution in [3.8, 4) is 5.82 Å². The molecule has 27 heavy (non-hydrogen) atoms. The predicted molar refractivity (Wildman–Crippen MR) is 105 cm³/mol. The third-order valence-corrected chi connectivity index (χ3v) is 5.43. The van der Waals surface area contributed by atoms with Gasteiger partial charge in [-0.1, -0.05) is 18.2 Å². The Morgan fingerprint density at radius 2 is 1.78 bits per heavy atom. The van der Waals surface area contributed by atoms with Crippen LogP contribution in [0.25, 0.3) is 16.7 Å². The Morgan fingerprint density at radius 3 is 2.44 bits per heavy atom. The minimum absolute atomic E-state index is 0.0776. The molecule has 2 aromatic heterocycles. The van der Waals surface area contributed by atoms with Crippen molar-refractivity contribution in [2.75, 3.05) is 0 Å². The van der Waals surface area contributed by atoms with Crippen molar-refractivity contribution in [3.05, 3.63) is 48.3 Å². The molecule has 138 valence electrons. The number of carbonyl (C=O) groups is 1. The average Bonchev–Trinajstić information content (AvgIpc) is 3.12. The summed E-state index contributed by atoms with van der Waals surface area (Å²) in [5, 5.41) is 5.43. The molecule has 1 aliphatic heterocycles. The lowest BCUT2D eigenvalue weighted by molar-refractivity contribution is 0.00578. The summed E-state index contributed by atoms with van der Waals surface area (Å²) in [5.74, 6) is 0.523. The maximum absolute atomic E-state index is 11.7. The van der Waals surface area contributed by atoms with Crippen LogP contribution in [-0.4, -0.2) is 38.9 Å². The number of ketones is 1. The van der Waals surface area contributed by atoms with E-state index in [0.29, 0.717) is 11.5 Å². The maximum atomic E-state index is 11.7. The molecule has 0 bridgehead atoms. The van der Waals surface area contributed by atoms with Crippen LogP contribution in [0, 0.1) is 0 Å². The second-order valence-electron chi connectivity index (χ2n) is 7.90. The van der Waals surface area contributed by atoms with E-state index in [1.54, 1.807) is 16.9 Å². The van der Waals surface area contributed by atoms with Gasteiger partial charge in [-0.2, -0.15) is 5.10 Å². The van der Waals surface area contributed by atoms with E-state index >= 15 is 0 Å². The van der Waals surface area contributed by atoms with Gasteiger partial charge in [0.1, 0.15) is 5.69 Å². The summed E-state index contributed by atoms with van der Waals surface area (Å²) in [6.45, 7) is 9.64. The Bertz CT molecular complexity index is 1030. The summed E-state index contributed by atoms with van der Waals surface area (Å²) in [7, 11) is -0.445. The zero-order valence-electron chi connectivity index (χ0n) is 16.2. The van der Waals surface area contributed by atoms with Gasteiger partial charge >= 0.3 is 7.12 Å². The number of fused-ring (bicyclic) bond motifs is 1. The quantitative estimate of drug-likeness (QED) is 0.529. The first-order chi connectivity index (χ1) is 12.7. The zero-order chi connectivity index (χ0) is 19.4. The van der Waals surface area contributed by atoms with Gasteiger partial charge in [0.2, 0.25) is 0 Å². The second-order valence-corrected chi connectivity index (χ2v) is 7.90. The van der Waals surface area contributed by atoms with Gasteiger partial charge in [0, 0.05) is 12.3 Å². The normalized spacial score (nSPS) is 18.2. The third kappa shape index (κ3) is 2.97. The van der Waals surface area contributed by atoms with Crippen molar-refractivity contribution in [3.63, 3.8) is 0 Å². The summed E-state index contributed by atoms with van der Waals surface area (Å²) < 4.78 is 14.1. The number of carbonyl (C=O) groups excluding carboxylic acids is 1. The lowest BCUT2D eigenvalue weighted by Gasteiger charge is -2.32. The predicted octanol–water partition coefficient (Wildman–Crippen LogP) is 2.92. The van der Waals surface area contributed by atoms with Crippen molar-refractivity contribution in [2.45, 2.75) is 45.8 Å². The highest BCUT2D eigenvalue weighted by Gasteiger charge is 2.51. The molecular formula is C20H22BN3O3. The molecule has 0 aliphatic carbocycles. The monoisotopic (exact) mass is 363 g/mol. The standard InChI is InChI=1S/C20H22BN3O3/c1-13(25)16-7-6-8-18(23-16)24-17-11-15(10-9-14(17)12-22-24)21-26-19(2,3)20(4,5)27-21/h6-12H,1-5H3. The van der Waals surface area contributed by atoms with Crippen LogP contribution in [0.15, 0.2) is 42.6 Å². The number of pyridine rings is 1. The van der Waals surface area contributed by atoms with Crippen molar-refractivity contribution in [2.24, 2.45) is 0 Å². The molecule has 7 heteroatoms. The van der Waals surface area contributed by atoms with Crippen LogP contribution < -0.4 is 5.46 Å². The Kier molecular flexibility index (Phi) is 3.98. The van der Waals surface area contributed by atoms with Crippen LogP contribution in [0.1, 0.15) is 45.1 Å². The van der Waals surface area contributed by atoms with Crippen molar-refractivity contribution < 1.29 is 14.1 Å². The Morgan fingerprint density at radius 1 is 1.07 bits per heavy atom. The van der Waals surface area contributed by atoms with E-state index in [0.717, 1.165) is 16.4 Å². The van der Waals surface area contributed by atoms with E-state index in [-0.39, 0.29) is 5.78 Å². The van der Waals surface area contributed by atoms with Gasteiger partial charge < -0.3 is 9.31 Å². The average molecular weight is 363 g/mol. The van der Waals surface area contributed by atoms with Crippen molar-refractivity contribution >= 4 is 29.3 Å². The molecule has 0 amide bonds. The molecule has 0 atom stereocenters. The molecule has 3 aromatic rings. The molecular weight excluding hydrogens is 341 g/mol. The third-order valence-electron chi connectivity index (χ3n) is 5.43. The smallest absolute Gasteiger partial charge is 0.399 e. The van der Waals surface area contributed by atoms with E-state index in [2.05, 4.69) is 10.1 Å². The first-order valence-corrected chi connectivity index (χ1v) is 9.00. The first kappa shape index (κ1) is 17.9. The fraction of sp³-hybridized carbons (Fsp3) is 0.350. The molecule has 3 heterocycles. The van der Waals surface area contributed by atoms with Crippen LogP contribution in [0.4, 0.5) is 0 Å². The Balaban J connectivity index is 1.77. The van der Waals surface area contributed by atoms with Gasteiger partial charge in [-0.25, -0.2) is 9.67 Å². The molecule has 1 aliphatic rings. The van der Waals surface area contributed by atoms with Crippen LogP contribution in [-0.2, 0) is 9.31 Å². The number of Topliss-reactive ketones (excluding diaryl/α,β-unsaturated/α-hetero) is 1. The van der Waals surface area contributed by atoms with Gasteiger partial charge in [0.05, 0.1) is 22.9 Å². The number of aromatic nitrogens is 3. The maximum Gasteiger partial charge on any atom is 0.494 e. The summed E-state index contributed by atoms with van der Waals surface area (Å²) >= 11 is 0. The number of nitrogens with zero attached hydrogens (tertiary/aromatic N) is 3. The summed E-state index contributed by atoms with van der Waals surface area (Å²) in [4.78, 5) is 16.1. The van der Waals surface area contributed by atoms with Crippen LogP contribution in [0.5, 0.6) is 0 Å². The molecule has 1 fully saturated rings. The fourth-order valence-electron chi connectivity index (χ4n) is 3.08. The van der Waals surface area contributed by atoms with Gasteiger partial charge in [-0.3, -0.25) is 4.79 Å². The minimum Gasteiger partial charge on any atom is -0.399 e. The molecule has 0 radical (unpaired) electrons. The lowest BCUT2D eigenvalue weighted by atomic mass is 9.79. The van der Waals surface area contributed by atoms with Crippen molar-refractivity contribution in [1.29, 1.82) is 0 Å². The topological polar surface area (TPSA) is 66.2 Å². The van der Waals surface area contributed by atoms with Gasteiger partial charge in [0.15, 0.2) is 11.6 Å². The van der Waals surface area contributed by atoms with Crippen LogP contribution >= 0.6 is 0 Å². The molecule has 1 aromatic carbocycles. The number of hydrogen-bond acceptors (Lipinski definition) is 5. The van der Waals surface area contributed by atoms with Gasteiger partial charge in [-0.15, -0.1) is 0 Å². The highest BCUT2D eigenvalue weighted by Crippen LogP contribution is 2.36. The van der Waals surface area contributed by atoms with Gasteiger partial charge in [-0.05, 0) is 51.4 Å². The second kappa shape index (κ2) is 6.01. The molecule has 1 saturated heterocycles. The highest BCUT2D eigenvalue weighted by molar-refractivity contribution is 6.62. The van der Waals surface area contributed by atoms with Gasteiger partial charge in [0.25, 0.3) is 0 Å². The molecule has 6 nitrogen and oxygen atoms in total. The summed E-state index contributed by atoms with van der Waals surface area (Å²) in [5.41, 5.74) is 1.42. The summed E-state index contributed by atoms with van der Waals surface area (Å²) in [6.07, 6.45) is 1.78. The number of rotatable bonds is 3. The SMILES string of the molecule is CC(=O)c1cccc(-n2ncc3ccc(B4OC(C)(C)C(C)(C)O4)cc32)n1. The molecule has 4 rings (SSSR count). The zero-order valence-corrected chi connectivity index (χ0v) is 16.2. The Hall–Kier alpha value is -2.51. The largest absolute Gasteiger partial charge is 0.494 e. The fourth-order valence-corrected chi connectivity index (χ4v) is 3.08. The molecule has 0 spiro atoms. The first-order valence-electron chi connectivity index (χ1n) is 9.00. The molecule has 0 unspecified atom stereocenters. The number of benzene rings is 1. The number of hydrogen-bond donors (Lipinski definition) is 0. The van der Waals surface area contributed by atoms with E-state index in [1.807, 2.05) is 58.0 Å². The van der Waals surface area contributed by atoms with E-state index in [1.165, 1.54) is 6.92 Å². The van der Waals surface area contributed by atoms with E-state index < -0.39 is 18.3 Å². The van der Waals surface area contributed by atoms with E-state index in [4.69, 9.17) is 9.31 Å². The minimum atomic E-state index is -0.445. The van der Waals surface area contributed by atoms with Crippen LogP contribution in [0.3, 0.4) is 0 Å². The lowest BCUT2D eigenvalue weighted by Crippen LogP contribution is -2.41.